The number of benzene rings is 13. The topological polar surface area (TPSA) is 68.2 Å². The van der Waals surface area contributed by atoms with Gasteiger partial charge in [0.1, 0.15) is 0 Å². The second-order valence-corrected chi connectivity index (χ2v) is 33.7. The highest BCUT2D eigenvalue weighted by Crippen LogP contribution is 2.59. The lowest BCUT2D eigenvalue weighted by Gasteiger charge is -2.29. The van der Waals surface area contributed by atoms with Gasteiger partial charge in [0.25, 0.3) is 0 Å². The van der Waals surface area contributed by atoms with Crippen molar-refractivity contribution in [2.24, 2.45) is 0 Å². The molecule has 7 nitrogen and oxygen atoms in total. The van der Waals surface area contributed by atoms with Crippen molar-refractivity contribution in [3.05, 3.63) is 334 Å². The predicted octanol–water partition coefficient (Wildman–Crippen LogP) is 25.2. The quantitative estimate of drug-likeness (QED) is 0.152. The van der Waals surface area contributed by atoms with Gasteiger partial charge in [-0.25, -0.2) is 9.97 Å². The number of aromatic nitrogens is 6. The molecule has 2 aliphatic carbocycles. The van der Waals surface area contributed by atoms with Crippen molar-refractivity contribution >= 4 is 55.7 Å². The van der Waals surface area contributed by atoms with E-state index < -0.39 is 0 Å². The minimum atomic E-state index is -0.359. The molecule has 0 spiro atoms. The Morgan fingerprint density at radius 1 is 0.283 bits per heavy atom. The summed E-state index contributed by atoms with van der Waals surface area (Å²) in [6.07, 6.45) is 0. The summed E-state index contributed by atoms with van der Waals surface area (Å²) in [7, 11) is 0. The lowest BCUT2D eigenvalue weighted by molar-refractivity contribution is 0.589. The molecule has 0 saturated heterocycles. The van der Waals surface area contributed by atoms with Crippen molar-refractivity contribution < 1.29 is 0 Å². The van der Waals surface area contributed by atoms with Crippen LogP contribution < -0.4 is 0 Å². The lowest BCUT2D eigenvalue weighted by Crippen LogP contribution is -2.14. The molecule has 0 atom stereocenters. The van der Waals surface area contributed by atoms with Gasteiger partial charge in [-0.2, -0.15) is 5.26 Å². The first kappa shape index (κ1) is 64.7. The third-order valence-corrected chi connectivity index (χ3v) is 23.1. The number of hydrogen-bond donors (Lipinski definition) is 0. The van der Waals surface area contributed by atoms with Crippen LogP contribution in [-0.2, 0) is 21.7 Å². The van der Waals surface area contributed by atoms with Gasteiger partial charge in [0.15, 0.2) is 0 Å². The summed E-state index contributed by atoms with van der Waals surface area (Å²) >= 11 is 0. The van der Waals surface area contributed by atoms with Gasteiger partial charge in [0.2, 0.25) is 11.6 Å². The Balaban J connectivity index is 0.982. The molecule has 17 aromatic rings. The molecular formula is C99H83N7. The average Bonchev–Trinajstić information content (AvgIpc) is 1.53. The van der Waals surface area contributed by atoms with Crippen LogP contribution >= 0.6 is 0 Å². The van der Waals surface area contributed by atoms with Gasteiger partial charge in [0.05, 0.1) is 55.8 Å². The molecule has 7 heteroatoms. The van der Waals surface area contributed by atoms with E-state index in [-0.39, 0.29) is 33.5 Å². The zero-order valence-electron chi connectivity index (χ0n) is 62.3. The maximum atomic E-state index is 13.4. The van der Waals surface area contributed by atoms with Crippen LogP contribution in [0.2, 0.25) is 0 Å². The van der Waals surface area contributed by atoms with Gasteiger partial charge >= 0.3 is 0 Å². The van der Waals surface area contributed by atoms with Crippen LogP contribution in [0, 0.1) is 11.3 Å². The van der Waals surface area contributed by atoms with Crippen LogP contribution in [0.15, 0.2) is 273 Å². The van der Waals surface area contributed by atoms with E-state index >= 15 is 0 Å². The monoisotopic (exact) mass is 1370 g/mol. The summed E-state index contributed by atoms with van der Waals surface area (Å²) in [6.45, 7) is 27.8. The Hall–Kier alpha value is -12.1. The van der Waals surface area contributed by atoms with E-state index in [9.17, 15) is 5.26 Å². The first-order valence-electron chi connectivity index (χ1n) is 37.4. The lowest BCUT2D eigenvalue weighted by atomic mass is 9.73. The van der Waals surface area contributed by atoms with Crippen molar-refractivity contribution in [3.8, 4) is 84.2 Å². The van der Waals surface area contributed by atoms with Crippen molar-refractivity contribution in [1.29, 1.82) is 5.26 Å². The van der Waals surface area contributed by atoms with Crippen LogP contribution in [0.25, 0.3) is 134 Å². The van der Waals surface area contributed by atoms with Crippen LogP contribution in [0.5, 0.6) is 0 Å². The Kier molecular flexibility index (Phi) is 14.3. The van der Waals surface area contributed by atoms with E-state index in [1.165, 1.54) is 66.8 Å². The minimum absolute atomic E-state index is 0.131. The van der Waals surface area contributed by atoms with Gasteiger partial charge < -0.3 is 0 Å². The zero-order chi connectivity index (χ0) is 72.6. The van der Waals surface area contributed by atoms with Gasteiger partial charge in [-0.05, 0) is 223 Å². The molecule has 0 radical (unpaired) electrons. The molecule has 4 heterocycles. The highest BCUT2D eigenvalue weighted by Gasteiger charge is 2.42. The fourth-order valence-corrected chi connectivity index (χ4v) is 17.4. The maximum Gasteiger partial charge on any atom is 0.220 e. The zero-order valence-corrected chi connectivity index (χ0v) is 62.3. The predicted molar refractivity (Wildman–Crippen MR) is 440 cm³/mol. The first-order valence-corrected chi connectivity index (χ1v) is 37.4. The summed E-state index contributed by atoms with van der Waals surface area (Å²) in [5, 5.41) is 13.4. The Labute approximate surface area is 620 Å². The third kappa shape index (κ3) is 10.1. The highest BCUT2D eigenvalue weighted by molar-refractivity contribution is 6.01. The average molecular weight is 1370 g/mol. The largest absolute Gasteiger partial charge is 0.278 e. The Morgan fingerprint density at radius 3 is 0.915 bits per heavy atom. The molecular weight excluding hydrogens is 1290 g/mol. The van der Waals surface area contributed by atoms with Gasteiger partial charge in [-0.1, -0.05) is 277 Å². The van der Waals surface area contributed by atoms with Gasteiger partial charge in [0, 0.05) is 23.2 Å². The Morgan fingerprint density at radius 2 is 0.594 bits per heavy atom. The number of rotatable bonds is 8. The molecule has 514 valence electrons. The van der Waals surface area contributed by atoms with Gasteiger partial charge in [-0.15, -0.1) is 0 Å². The molecule has 106 heavy (non-hydrogen) atoms. The normalized spacial score (nSPS) is 13.4. The van der Waals surface area contributed by atoms with Gasteiger partial charge in [-0.3, -0.25) is 17.9 Å². The first-order chi connectivity index (χ1) is 51.0. The molecule has 13 aromatic carbocycles. The number of nitriles is 1. The fourth-order valence-electron chi connectivity index (χ4n) is 17.4. The van der Waals surface area contributed by atoms with Crippen LogP contribution in [0.4, 0.5) is 0 Å². The smallest absolute Gasteiger partial charge is 0.220 e. The van der Waals surface area contributed by atoms with E-state index in [1.54, 1.807) is 0 Å². The minimum Gasteiger partial charge on any atom is -0.278 e. The van der Waals surface area contributed by atoms with Crippen molar-refractivity contribution in [2.45, 2.75) is 117 Å². The molecule has 0 bridgehead atoms. The summed E-state index contributed by atoms with van der Waals surface area (Å²) < 4.78 is 9.36. The van der Waals surface area contributed by atoms with Crippen molar-refractivity contribution in [3.63, 3.8) is 0 Å². The molecule has 0 aliphatic heterocycles. The number of fused-ring (bicyclic) bond motifs is 16. The summed E-state index contributed by atoms with van der Waals surface area (Å²) in [5.41, 5.74) is 35.3. The highest BCUT2D eigenvalue weighted by atomic mass is 15.2. The molecule has 0 amide bonds. The molecule has 19 rings (SSSR count). The molecule has 0 N–H and O–H groups in total. The van der Waals surface area contributed by atoms with Crippen LogP contribution in [0.1, 0.15) is 156 Å². The maximum absolute atomic E-state index is 13.4. The van der Waals surface area contributed by atoms with Crippen molar-refractivity contribution in [2.75, 3.05) is 0 Å². The number of para-hydroxylation sites is 2. The second kappa shape index (κ2) is 23.4. The molecule has 0 saturated carbocycles. The molecule has 0 fully saturated rings. The SMILES string of the molecule is CC(C)(C)c1ccc2c(c1)-c1cc(C(C)(C)C)ccc1C2c1c(-c2ccc3c(c2)n2c4cc(-c5ccccc5)ccc4nc2n3-c2ccccc2)cc(-c2ccc3c(c2)n2c4cc(-c5ccccc5)ccc4nc2n3-c2ccccc2)c(C2c3ccc(C(C)(C)C)cc3-c3cc(C(C)(C)C)ccc32)c1C#N. The molecule has 4 aromatic heterocycles. The Bertz CT molecular complexity index is 6020. The number of nitrogens with zero attached hydrogens (tertiary/aromatic N) is 7. The van der Waals surface area contributed by atoms with E-state index in [2.05, 4.69) is 380 Å². The van der Waals surface area contributed by atoms with E-state index in [0.29, 0.717) is 5.56 Å². The summed E-state index contributed by atoms with van der Waals surface area (Å²) in [6, 6.07) is 105. The standard InChI is InChI=1S/C99H83N7/c1-96(2,3)65-37-41-71-77(53-65)78-54-66(97(4,5)6)38-42-72(78)90(71)92-75(63-35-47-84-88(51-63)105-86-49-61(59-25-17-13-18-26-59)33-45-82(86)101-94(105)103(84)69-29-21-15-22-30-69)57-76(93(81(92)58-100)91-73-43-39-67(98(7,8)9)55-79(73)80-56-68(99(10,11)12)40-44-74(80)91)64-36-48-85-89(52-64)106-87-50-62(60-27-19-14-20-28-60)34-46-83(87)102-95(106)104(85)70-31-23-16-24-32-70/h13-57,90-91H,1-12H3. The molecule has 0 unspecified atom stereocenters. The van der Waals surface area contributed by atoms with Crippen LogP contribution in [0.3, 0.4) is 0 Å². The second-order valence-electron chi connectivity index (χ2n) is 33.7. The number of imidazole rings is 4. The fraction of sp³-hybridized carbons (Fsp3) is 0.182. The summed E-state index contributed by atoms with van der Waals surface area (Å²) in [5.74, 6) is 0.928. The van der Waals surface area contributed by atoms with E-state index in [4.69, 9.17) is 9.97 Å². The summed E-state index contributed by atoms with van der Waals surface area (Å²) in [4.78, 5) is 11.1. The van der Waals surface area contributed by atoms with E-state index in [0.717, 1.165) is 123 Å². The molecule has 2 aliphatic rings. The number of hydrogen-bond acceptors (Lipinski definition) is 3. The van der Waals surface area contributed by atoms with E-state index in [1.807, 2.05) is 0 Å². The third-order valence-electron chi connectivity index (χ3n) is 23.1. The van der Waals surface area contributed by atoms with Crippen molar-refractivity contribution in [1.82, 2.24) is 27.9 Å². The van der Waals surface area contributed by atoms with Crippen LogP contribution in [-0.4, -0.2) is 27.9 Å².